The van der Waals surface area contributed by atoms with Crippen LogP contribution in [0.15, 0.2) is 23.2 Å². The lowest BCUT2D eigenvalue weighted by molar-refractivity contribution is 0.579. The smallest absolute Gasteiger partial charge is 0.205 e. The van der Waals surface area contributed by atoms with Gasteiger partial charge in [-0.1, -0.05) is 13.8 Å². The molecule has 0 unspecified atom stereocenters. The summed E-state index contributed by atoms with van der Waals surface area (Å²) >= 11 is 0. The molecule has 4 nitrogen and oxygen atoms in total. The molecule has 0 fully saturated rings. The highest BCUT2D eigenvalue weighted by atomic mass is 19.1. The zero-order chi connectivity index (χ0) is 14.3. The molecule has 0 aliphatic carbocycles. The Hall–Kier alpha value is -1.69. The van der Waals surface area contributed by atoms with Crippen LogP contribution in [0.2, 0.25) is 0 Å². The van der Waals surface area contributed by atoms with Crippen molar-refractivity contribution in [3.05, 3.63) is 35.4 Å². The van der Waals surface area contributed by atoms with Gasteiger partial charge in [-0.25, -0.2) is 14.6 Å². The molecule has 0 amide bonds. The van der Waals surface area contributed by atoms with Crippen molar-refractivity contribution >= 4 is 5.96 Å². The van der Waals surface area contributed by atoms with E-state index in [0.717, 1.165) is 6.07 Å². The van der Waals surface area contributed by atoms with Gasteiger partial charge < -0.3 is 5.32 Å². The number of nitrogens with two attached hydrogens (primary N) is 1. The normalized spacial score (nSPS) is 11.8. The SMILES string of the molecule is CC(C)CN=C(NN)NCCc1cc(F)cc(F)c1. The van der Waals surface area contributed by atoms with Crippen molar-refractivity contribution < 1.29 is 8.78 Å². The van der Waals surface area contributed by atoms with Crippen molar-refractivity contribution in [2.24, 2.45) is 16.8 Å². The van der Waals surface area contributed by atoms with E-state index in [-0.39, 0.29) is 0 Å². The molecule has 0 saturated carbocycles. The van der Waals surface area contributed by atoms with Gasteiger partial charge >= 0.3 is 0 Å². The number of halogens is 2. The Balaban J connectivity index is 2.46. The molecule has 6 heteroatoms. The summed E-state index contributed by atoms with van der Waals surface area (Å²) in [5, 5.41) is 2.98. The highest BCUT2D eigenvalue weighted by Crippen LogP contribution is 2.07. The summed E-state index contributed by atoms with van der Waals surface area (Å²) in [6.45, 7) is 5.24. The van der Waals surface area contributed by atoms with Crippen LogP contribution in [-0.4, -0.2) is 19.0 Å². The molecule has 1 aromatic rings. The maximum Gasteiger partial charge on any atom is 0.205 e. The number of nitrogens with zero attached hydrogens (tertiary/aromatic N) is 1. The number of benzene rings is 1. The van der Waals surface area contributed by atoms with Crippen LogP contribution in [0.25, 0.3) is 0 Å². The highest BCUT2D eigenvalue weighted by Gasteiger charge is 2.02. The first-order chi connectivity index (χ1) is 9.01. The fourth-order valence-electron chi connectivity index (χ4n) is 1.51. The molecular formula is C13H20F2N4. The molecule has 0 bridgehead atoms. The van der Waals surface area contributed by atoms with Crippen LogP contribution in [0.3, 0.4) is 0 Å². The third-order valence-corrected chi connectivity index (χ3v) is 2.38. The largest absolute Gasteiger partial charge is 0.355 e. The first-order valence-electron chi connectivity index (χ1n) is 6.21. The summed E-state index contributed by atoms with van der Waals surface area (Å²) in [5.74, 6) is 5.10. The van der Waals surface area contributed by atoms with Gasteiger partial charge in [0.15, 0.2) is 0 Å². The third kappa shape index (κ3) is 6.15. The summed E-state index contributed by atoms with van der Waals surface area (Å²) in [7, 11) is 0. The van der Waals surface area contributed by atoms with E-state index in [4.69, 9.17) is 5.84 Å². The van der Waals surface area contributed by atoms with Gasteiger partial charge in [-0.05, 0) is 30.0 Å². The second-order valence-electron chi connectivity index (χ2n) is 4.68. The molecule has 1 aromatic carbocycles. The molecule has 4 N–H and O–H groups in total. The van der Waals surface area contributed by atoms with Crippen LogP contribution in [0, 0.1) is 17.6 Å². The van der Waals surface area contributed by atoms with Gasteiger partial charge in [0.05, 0.1) is 0 Å². The fourth-order valence-corrected chi connectivity index (χ4v) is 1.51. The molecule has 1 rings (SSSR count). The molecule has 0 aromatic heterocycles. The summed E-state index contributed by atoms with van der Waals surface area (Å²) in [5.41, 5.74) is 3.05. The number of hydrazine groups is 1. The van der Waals surface area contributed by atoms with E-state index in [1.54, 1.807) is 0 Å². The standard InChI is InChI=1S/C13H20F2N4/c1-9(2)8-18-13(19-16)17-4-3-10-5-11(14)7-12(15)6-10/h5-7,9H,3-4,8,16H2,1-2H3,(H2,17,18,19). The lowest BCUT2D eigenvalue weighted by Crippen LogP contribution is -2.42. The Morgan fingerprint density at radius 2 is 1.89 bits per heavy atom. The molecule has 0 radical (unpaired) electrons. The number of hydrogen-bond donors (Lipinski definition) is 3. The monoisotopic (exact) mass is 270 g/mol. The first-order valence-corrected chi connectivity index (χ1v) is 6.21. The maximum atomic E-state index is 13.0. The van der Waals surface area contributed by atoms with E-state index in [9.17, 15) is 8.78 Å². The Morgan fingerprint density at radius 3 is 2.42 bits per heavy atom. The zero-order valence-electron chi connectivity index (χ0n) is 11.2. The number of nitrogens with one attached hydrogen (secondary N) is 2. The van der Waals surface area contributed by atoms with Crippen molar-refractivity contribution in [3.63, 3.8) is 0 Å². The van der Waals surface area contributed by atoms with Crippen LogP contribution in [0.5, 0.6) is 0 Å². The predicted octanol–water partition coefficient (Wildman–Crippen LogP) is 1.57. The van der Waals surface area contributed by atoms with Gasteiger partial charge in [0, 0.05) is 19.2 Å². The average Bonchev–Trinajstić information content (AvgIpc) is 2.32. The minimum absolute atomic E-state index is 0.433. The van der Waals surface area contributed by atoms with E-state index in [0.29, 0.717) is 37.0 Å². The number of guanidine groups is 1. The van der Waals surface area contributed by atoms with Gasteiger partial charge in [-0.15, -0.1) is 0 Å². The third-order valence-electron chi connectivity index (χ3n) is 2.38. The van der Waals surface area contributed by atoms with E-state index in [1.165, 1.54) is 12.1 Å². The second-order valence-corrected chi connectivity index (χ2v) is 4.68. The lowest BCUT2D eigenvalue weighted by Gasteiger charge is -2.10. The van der Waals surface area contributed by atoms with Crippen molar-refractivity contribution in [1.29, 1.82) is 0 Å². The molecular weight excluding hydrogens is 250 g/mol. The predicted molar refractivity (Wildman–Crippen MR) is 72.5 cm³/mol. The molecule has 0 aliphatic rings. The molecule has 106 valence electrons. The van der Waals surface area contributed by atoms with Gasteiger partial charge in [0.1, 0.15) is 11.6 Å². The van der Waals surface area contributed by atoms with Crippen LogP contribution in [-0.2, 0) is 6.42 Å². The molecule has 19 heavy (non-hydrogen) atoms. The Labute approximate surface area is 112 Å². The van der Waals surface area contributed by atoms with Gasteiger partial charge in [0.25, 0.3) is 0 Å². The van der Waals surface area contributed by atoms with E-state index < -0.39 is 11.6 Å². The molecule has 0 saturated heterocycles. The molecule has 0 aliphatic heterocycles. The van der Waals surface area contributed by atoms with Crippen LogP contribution in [0.1, 0.15) is 19.4 Å². The second kappa shape index (κ2) is 7.68. The lowest BCUT2D eigenvalue weighted by atomic mass is 10.1. The minimum Gasteiger partial charge on any atom is -0.355 e. The Kier molecular flexibility index (Phi) is 6.21. The number of rotatable bonds is 5. The summed E-state index contributed by atoms with van der Waals surface area (Å²) in [6, 6.07) is 3.48. The summed E-state index contributed by atoms with van der Waals surface area (Å²) < 4.78 is 25.9. The van der Waals surface area contributed by atoms with Crippen molar-refractivity contribution in [3.8, 4) is 0 Å². The van der Waals surface area contributed by atoms with E-state index in [1.807, 2.05) is 13.8 Å². The number of hydrogen-bond acceptors (Lipinski definition) is 2. The maximum absolute atomic E-state index is 13.0. The zero-order valence-corrected chi connectivity index (χ0v) is 11.2. The highest BCUT2D eigenvalue weighted by molar-refractivity contribution is 5.79. The molecule has 0 atom stereocenters. The molecule has 0 heterocycles. The Morgan fingerprint density at radius 1 is 1.26 bits per heavy atom. The van der Waals surface area contributed by atoms with Crippen LogP contribution >= 0.6 is 0 Å². The minimum atomic E-state index is -0.569. The van der Waals surface area contributed by atoms with Gasteiger partial charge in [-0.3, -0.25) is 10.4 Å². The fraction of sp³-hybridized carbons (Fsp3) is 0.462. The molecule has 0 spiro atoms. The van der Waals surface area contributed by atoms with Crippen molar-refractivity contribution in [2.75, 3.05) is 13.1 Å². The van der Waals surface area contributed by atoms with Crippen molar-refractivity contribution in [1.82, 2.24) is 10.7 Å². The topological polar surface area (TPSA) is 62.4 Å². The van der Waals surface area contributed by atoms with Crippen LogP contribution in [0.4, 0.5) is 8.78 Å². The average molecular weight is 270 g/mol. The first kappa shape index (κ1) is 15.4. The Bertz CT molecular complexity index is 412. The van der Waals surface area contributed by atoms with Crippen molar-refractivity contribution in [2.45, 2.75) is 20.3 Å². The van der Waals surface area contributed by atoms with E-state index in [2.05, 4.69) is 15.7 Å². The van der Waals surface area contributed by atoms with E-state index >= 15 is 0 Å². The summed E-state index contributed by atoms with van der Waals surface area (Å²) in [4.78, 5) is 4.23. The quantitative estimate of drug-likeness (QED) is 0.329. The van der Waals surface area contributed by atoms with Crippen LogP contribution < -0.4 is 16.6 Å². The van der Waals surface area contributed by atoms with Gasteiger partial charge in [-0.2, -0.15) is 0 Å². The summed E-state index contributed by atoms with van der Waals surface area (Å²) in [6.07, 6.45) is 0.483. The van der Waals surface area contributed by atoms with Gasteiger partial charge in [0.2, 0.25) is 5.96 Å². The number of aliphatic imine (C=N–C) groups is 1.